The Labute approximate surface area is 125 Å². The molecule has 1 aromatic rings. The summed E-state index contributed by atoms with van der Waals surface area (Å²) in [5.74, 6) is 6.47. The summed E-state index contributed by atoms with van der Waals surface area (Å²) in [6.45, 7) is 0. The standard InChI is InChI=1S/C17H20ClFO/c18-12-6-5-7-14-10-11-16(19)17(13-14)20-15-8-3-1-2-4-9-15/h10-11,13,15H,1-4,6,8-9,12H2. The van der Waals surface area contributed by atoms with E-state index in [2.05, 4.69) is 11.8 Å². The maximum absolute atomic E-state index is 13.8. The van der Waals surface area contributed by atoms with Crippen LogP contribution in [0.1, 0.15) is 50.5 Å². The predicted molar refractivity (Wildman–Crippen MR) is 80.7 cm³/mol. The minimum atomic E-state index is -0.308. The van der Waals surface area contributed by atoms with Crippen molar-refractivity contribution in [1.29, 1.82) is 0 Å². The first kappa shape index (κ1) is 15.2. The monoisotopic (exact) mass is 294 g/mol. The molecule has 1 fully saturated rings. The molecule has 1 saturated carbocycles. The van der Waals surface area contributed by atoms with Crippen molar-refractivity contribution in [2.45, 2.75) is 51.0 Å². The van der Waals surface area contributed by atoms with Gasteiger partial charge in [-0.2, -0.15) is 0 Å². The van der Waals surface area contributed by atoms with E-state index in [1.54, 1.807) is 12.1 Å². The first-order valence-corrected chi connectivity index (χ1v) is 7.84. The molecule has 0 aromatic heterocycles. The zero-order valence-corrected chi connectivity index (χ0v) is 12.4. The van der Waals surface area contributed by atoms with Gasteiger partial charge in [-0.05, 0) is 43.9 Å². The van der Waals surface area contributed by atoms with Crippen molar-refractivity contribution in [2.75, 3.05) is 5.88 Å². The van der Waals surface area contributed by atoms with Crippen molar-refractivity contribution in [3.8, 4) is 17.6 Å². The average molecular weight is 295 g/mol. The number of alkyl halides is 1. The van der Waals surface area contributed by atoms with E-state index in [0.29, 0.717) is 18.1 Å². The molecule has 0 saturated heterocycles. The Morgan fingerprint density at radius 2 is 1.95 bits per heavy atom. The Bertz CT molecular complexity index is 481. The number of rotatable bonds is 3. The van der Waals surface area contributed by atoms with Gasteiger partial charge in [0.05, 0.1) is 6.10 Å². The van der Waals surface area contributed by atoms with Crippen LogP contribution in [0.4, 0.5) is 4.39 Å². The number of halogens is 2. The molecular formula is C17H20ClFO. The topological polar surface area (TPSA) is 9.23 Å². The molecule has 1 aliphatic carbocycles. The highest BCUT2D eigenvalue weighted by Gasteiger charge is 2.15. The summed E-state index contributed by atoms with van der Waals surface area (Å²) in [6, 6.07) is 4.80. The van der Waals surface area contributed by atoms with Gasteiger partial charge in [-0.1, -0.05) is 24.7 Å². The van der Waals surface area contributed by atoms with E-state index in [1.807, 2.05) is 0 Å². The Balaban J connectivity index is 2.06. The summed E-state index contributed by atoms with van der Waals surface area (Å²) in [6.07, 6.45) is 7.65. The minimum Gasteiger partial charge on any atom is -0.487 e. The van der Waals surface area contributed by atoms with Crippen LogP contribution in [0.5, 0.6) is 5.75 Å². The van der Waals surface area contributed by atoms with Crippen molar-refractivity contribution in [3.05, 3.63) is 29.6 Å². The summed E-state index contributed by atoms with van der Waals surface area (Å²) in [5, 5.41) is 0. The lowest BCUT2D eigenvalue weighted by molar-refractivity contribution is 0.176. The Morgan fingerprint density at radius 3 is 2.65 bits per heavy atom. The molecule has 0 spiro atoms. The van der Waals surface area contributed by atoms with E-state index >= 15 is 0 Å². The molecule has 0 aliphatic heterocycles. The van der Waals surface area contributed by atoms with Crippen molar-refractivity contribution >= 4 is 11.6 Å². The fraction of sp³-hybridized carbons (Fsp3) is 0.529. The normalized spacial score (nSPS) is 16.1. The van der Waals surface area contributed by atoms with Crippen molar-refractivity contribution in [2.24, 2.45) is 0 Å². The molecule has 0 N–H and O–H groups in total. The highest BCUT2D eigenvalue weighted by Crippen LogP contribution is 2.25. The molecule has 1 aromatic carbocycles. The van der Waals surface area contributed by atoms with E-state index in [0.717, 1.165) is 18.4 Å². The van der Waals surface area contributed by atoms with Crippen molar-refractivity contribution in [1.82, 2.24) is 0 Å². The van der Waals surface area contributed by atoms with Gasteiger partial charge in [0.2, 0.25) is 0 Å². The molecule has 3 heteroatoms. The zero-order valence-electron chi connectivity index (χ0n) is 11.6. The molecule has 0 atom stereocenters. The van der Waals surface area contributed by atoms with Gasteiger partial charge in [0, 0.05) is 17.9 Å². The Hall–Kier alpha value is -1.20. The highest BCUT2D eigenvalue weighted by molar-refractivity contribution is 6.18. The van der Waals surface area contributed by atoms with Gasteiger partial charge < -0.3 is 4.74 Å². The highest BCUT2D eigenvalue weighted by atomic mass is 35.5. The van der Waals surface area contributed by atoms with Crippen LogP contribution in [0.3, 0.4) is 0 Å². The number of benzene rings is 1. The molecule has 1 nitrogen and oxygen atoms in total. The van der Waals surface area contributed by atoms with Crippen molar-refractivity contribution in [3.63, 3.8) is 0 Å². The Kier molecular flexibility index (Phi) is 6.21. The van der Waals surface area contributed by atoms with E-state index < -0.39 is 0 Å². The summed E-state index contributed by atoms with van der Waals surface area (Å²) >= 11 is 5.58. The van der Waals surface area contributed by atoms with Gasteiger partial charge in [-0.25, -0.2) is 4.39 Å². The SMILES string of the molecule is Fc1ccc(C#CCCCl)cc1OC1CCCCCC1. The molecule has 108 valence electrons. The third-order valence-electron chi connectivity index (χ3n) is 3.48. The molecular weight excluding hydrogens is 275 g/mol. The smallest absolute Gasteiger partial charge is 0.165 e. The lowest BCUT2D eigenvalue weighted by Crippen LogP contribution is -2.15. The summed E-state index contributed by atoms with van der Waals surface area (Å²) in [7, 11) is 0. The molecule has 0 amide bonds. The van der Waals surface area contributed by atoms with Crippen LogP contribution >= 0.6 is 11.6 Å². The maximum Gasteiger partial charge on any atom is 0.165 e. The molecule has 0 bridgehead atoms. The number of hydrogen-bond acceptors (Lipinski definition) is 1. The second-order valence-electron chi connectivity index (χ2n) is 5.12. The van der Waals surface area contributed by atoms with Crippen LogP contribution in [-0.4, -0.2) is 12.0 Å². The first-order chi connectivity index (χ1) is 9.79. The van der Waals surface area contributed by atoms with Crippen LogP contribution < -0.4 is 4.74 Å². The average Bonchev–Trinajstić information content (AvgIpc) is 2.71. The van der Waals surface area contributed by atoms with Crippen LogP contribution in [0.25, 0.3) is 0 Å². The fourth-order valence-electron chi connectivity index (χ4n) is 2.42. The van der Waals surface area contributed by atoms with Crippen LogP contribution in [-0.2, 0) is 0 Å². The van der Waals surface area contributed by atoms with Crippen molar-refractivity contribution < 1.29 is 9.13 Å². The van der Waals surface area contributed by atoms with E-state index in [9.17, 15) is 4.39 Å². The van der Waals surface area contributed by atoms with Crippen LogP contribution in [0, 0.1) is 17.7 Å². The summed E-state index contributed by atoms with van der Waals surface area (Å²) in [5.41, 5.74) is 0.778. The van der Waals surface area contributed by atoms with Gasteiger partial charge in [0.1, 0.15) is 0 Å². The number of hydrogen-bond donors (Lipinski definition) is 0. The van der Waals surface area contributed by atoms with E-state index in [-0.39, 0.29) is 11.9 Å². The van der Waals surface area contributed by atoms with Gasteiger partial charge in [0.25, 0.3) is 0 Å². The molecule has 20 heavy (non-hydrogen) atoms. The molecule has 0 heterocycles. The third kappa shape index (κ3) is 4.72. The summed E-state index contributed by atoms with van der Waals surface area (Å²) < 4.78 is 19.7. The largest absolute Gasteiger partial charge is 0.487 e. The molecule has 1 aliphatic rings. The lowest BCUT2D eigenvalue weighted by atomic mass is 10.1. The lowest BCUT2D eigenvalue weighted by Gasteiger charge is -2.17. The molecule has 2 rings (SSSR count). The number of ether oxygens (including phenoxy) is 1. The quantitative estimate of drug-likeness (QED) is 0.437. The zero-order chi connectivity index (χ0) is 14.2. The summed E-state index contributed by atoms with van der Waals surface area (Å²) in [4.78, 5) is 0. The molecule has 0 radical (unpaired) electrons. The Morgan fingerprint density at radius 1 is 1.20 bits per heavy atom. The van der Waals surface area contributed by atoms with Gasteiger partial charge >= 0.3 is 0 Å². The maximum atomic E-state index is 13.8. The first-order valence-electron chi connectivity index (χ1n) is 7.30. The van der Waals surface area contributed by atoms with Crippen LogP contribution in [0.2, 0.25) is 0 Å². The van der Waals surface area contributed by atoms with Crippen LogP contribution in [0.15, 0.2) is 18.2 Å². The van der Waals surface area contributed by atoms with Gasteiger partial charge in [0.15, 0.2) is 11.6 Å². The van der Waals surface area contributed by atoms with Gasteiger partial charge in [-0.15, -0.1) is 11.6 Å². The van der Waals surface area contributed by atoms with Gasteiger partial charge in [-0.3, -0.25) is 0 Å². The molecule has 0 unspecified atom stereocenters. The second kappa shape index (κ2) is 8.17. The third-order valence-corrected chi connectivity index (χ3v) is 3.67. The second-order valence-corrected chi connectivity index (χ2v) is 5.50. The fourth-order valence-corrected chi connectivity index (χ4v) is 2.52. The minimum absolute atomic E-state index is 0.137. The van der Waals surface area contributed by atoms with E-state index in [1.165, 1.54) is 31.7 Å². The van der Waals surface area contributed by atoms with E-state index in [4.69, 9.17) is 16.3 Å². The predicted octanol–water partition coefficient (Wildman–Crippen LogP) is 4.91.